The number of benzene rings is 1. The molecule has 0 radical (unpaired) electrons. The zero-order chi connectivity index (χ0) is 22.7. The number of imide groups is 1. The summed E-state index contributed by atoms with van der Waals surface area (Å²) in [5, 5.41) is 7.97. The molecular formula is C23H20ClN3O4S. The molecule has 4 amide bonds. The van der Waals surface area contributed by atoms with Crippen LogP contribution in [0.3, 0.4) is 0 Å². The van der Waals surface area contributed by atoms with Crippen LogP contribution < -0.4 is 15.4 Å². The molecule has 2 aliphatic rings. The minimum atomic E-state index is -0.627. The molecule has 4 rings (SSSR count). The molecule has 1 atom stereocenters. The van der Waals surface area contributed by atoms with Gasteiger partial charge in [-0.3, -0.25) is 9.59 Å². The molecule has 32 heavy (non-hydrogen) atoms. The Morgan fingerprint density at radius 1 is 1.34 bits per heavy atom. The Labute approximate surface area is 194 Å². The van der Waals surface area contributed by atoms with Gasteiger partial charge in [0.05, 0.1) is 7.11 Å². The number of carbonyl (C=O) groups is 3. The number of carbonyl (C=O) groups excluding carboxylic acids is 3. The Hall–Kier alpha value is -3.36. The first-order chi connectivity index (χ1) is 15.4. The number of amides is 4. The largest absolute Gasteiger partial charge is 0.497 e. The average Bonchev–Trinajstić information content (AvgIpc) is 3.35. The first kappa shape index (κ1) is 21.9. The predicted molar refractivity (Wildman–Crippen MR) is 125 cm³/mol. The summed E-state index contributed by atoms with van der Waals surface area (Å²) < 4.78 is 5.08. The van der Waals surface area contributed by atoms with Gasteiger partial charge in [0, 0.05) is 21.5 Å². The van der Waals surface area contributed by atoms with Gasteiger partial charge in [0.15, 0.2) is 0 Å². The number of methoxy groups -OCH3 is 1. The van der Waals surface area contributed by atoms with E-state index < -0.39 is 17.8 Å². The summed E-state index contributed by atoms with van der Waals surface area (Å²) in [6, 6.07) is 8.11. The Kier molecular flexibility index (Phi) is 6.43. The van der Waals surface area contributed by atoms with Gasteiger partial charge in [-0.2, -0.15) is 0 Å². The summed E-state index contributed by atoms with van der Waals surface area (Å²) in [6.07, 6.45) is 8.34. The number of anilines is 1. The molecule has 9 heteroatoms. The van der Waals surface area contributed by atoms with Gasteiger partial charge in [0.25, 0.3) is 5.91 Å². The molecule has 2 heterocycles. The maximum atomic E-state index is 12.7. The molecule has 2 aromatic rings. The molecule has 1 aliphatic heterocycles. The van der Waals surface area contributed by atoms with E-state index in [9.17, 15) is 14.4 Å². The summed E-state index contributed by atoms with van der Waals surface area (Å²) in [6.45, 7) is -0.385. The predicted octanol–water partition coefficient (Wildman–Crippen LogP) is 4.45. The van der Waals surface area contributed by atoms with Gasteiger partial charge in [-0.25, -0.2) is 9.69 Å². The number of thiophene rings is 1. The van der Waals surface area contributed by atoms with Crippen LogP contribution in [0.5, 0.6) is 5.75 Å². The van der Waals surface area contributed by atoms with Crippen molar-refractivity contribution < 1.29 is 19.1 Å². The van der Waals surface area contributed by atoms with Crippen molar-refractivity contribution in [1.82, 2.24) is 10.2 Å². The van der Waals surface area contributed by atoms with Crippen molar-refractivity contribution >= 4 is 52.5 Å². The molecule has 1 fully saturated rings. The van der Waals surface area contributed by atoms with Crippen LogP contribution in [0, 0.1) is 0 Å². The second-order valence-electron chi connectivity index (χ2n) is 7.23. The van der Waals surface area contributed by atoms with E-state index in [0.717, 1.165) is 26.8 Å². The highest BCUT2D eigenvalue weighted by atomic mass is 35.5. The lowest BCUT2D eigenvalue weighted by Crippen LogP contribution is -2.38. The SMILES string of the molecule is COc1ccc(NC(=O)CN2C(=O)NC(=Cc3cc(C4C=CC(Cl)=CC4)cs3)C2=O)cc1. The second kappa shape index (κ2) is 9.42. The van der Waals surface area contributed by atoms with E-state index in [0.29, 0.717) is 11.4 Å². The lowest BCUT2D eigenvalue weighted by Gasteiger charge is -2.12. The normalized spacial score (nSPS) is 19.2. The number of nitrogens with one attached hydrogen (secondary N) is 2. The third-order valence-corrected chi connectivity index (χ3v) is 6.23. The van der Waals surface area contributed by atoms with Crippen molar-refractivity contribution in [2.24, 2.45) is 0 Å². The van der Waals surface area contributed by atoms with Crippen LogP contribution in [0.1, 0.15) is 22.8 Å². The van der Waals surface area contributed by atoms with E-state index in [1.165, 1.54) is 11.3 Å². The molecule has 1 aromatic heterocycles. The second-order valence-corrected chi connectivity index (χ2v) is 8.61. The molecule has 0 bridgehead atoms. The van der Waals surface area contributed by atoms with E-state index in [2.05, 4.69) is 10.6 Å². The monoisotopic (exact) mass is 469 g/mol. The highest BCUT2D eigenvalue weighted by Gasteiger charge is 2.35. The lowest BCUT2D eigenvalue weighted by molar-refractivity contribution is -0.127. The number of urea groups is 1. The standard InChI is InChI=1S/C23H20ClN3O4S/c1-31-18-8-6-17(7-9-18)25-21(28)12-27-22(29)20(26-23(27)30)11-19-10-15(13-32-19)14-2-4-16(24)5-3-14/h2,4-11,13-14H,3,12H2,1H3,(H,25,28)(H,26,30). The zero-order valence-electron chi connectivity index (χ0n) is 17.1. The molecule has 0 saturated carbocycles. The van der Waals surface area contributed by atoms with Gasteiger partial charge in [-0.15, -0.1) is 11.3 Å². The number of hydrogen-bond acceptors (Lipinski definition) is 5. The molecule has 164 valence electrons. The van der Waals surface area contributed by atoms with Gasteiger partial charge in [0.2, 0.25) is 5.91 Å². The number of hydrogen-bond donors (Lipinski definition) is 2. The number of halogens is 1. The molecule has 1 aliphatic carbocycles. The average molecular weight is 470 g/mol. The van der Waals surface area contributed by atoms with Crippen LogP contribution >= 0.6 is 22.9 Å². The maximum Gasteiger partial charge on any atom is 0.329 e. The Morgan fingerprint density at radius 3 is 2.81 bits per heavy atom. The Bertz CT molecular complexity index is 1150. The number of allylic oxidation sites excluding steroid dienone is 4. The summed E-state index contributed by atoms with van der Waals surface area (Å²) in [4.78, 5) is 39.0. The smallest absolute Gasteiger partial charge is 0.329 e. The van der Waals surface area contributed by atoms with Crippen molar-refractivity contribution in [2.75, 3.05) is 19.0 Å². The minimum absolute atomic E-state index is 0.141. The van der Waals surface area contributed by atoms with Crippen LogP contribution in [-0.2, 0) is 9.59 Å². The molecule has 7 nitrogen and oxygen atoms in total. The van der Waals surface area contributed by atoms with Crippen LogP contribution in [0.2, 0.25) is 0 Å². The van der Waals surface area contributed by atoms with Crippen LogP contribution in [0.15, 0.2) is 64.7 Å². The molecule has 0 spiro atoms. The van der Waals surface area contributed by atoms with Crippen molar-refractivity contribution in [3.05, 3.63) is 75.1 Å². The quantitative estimate of drug-likeness (QED) is 0.483. The summed E-state index contributed by atoms with van der Waals surface area (Å²) in [5.41, 5.74) is 1.80. The van der Waals surface area contributed by atoms with Crippen molar-refractivity contribution in [1.29, 1.82) is 0 Å². The topological polar surface area (TPSA) is 87.7 Å². The van der Waals surface area contributed by atoms with E-state index in [1.807, 2.05) is 29.7 Å². The van der Waals surface area contributed by atoms with Gasteiger partial charge in [-0.05, 0) is 59.8 Å². The summed E-state index contributed by atoms with van der Waals surface area (Å²) >= 11 is 7.45. The van der Waals surface area contributed by atoms with Crippen LogP contribution in [0.25, 0.3) is 6.08 Å². The van der Waals surface area contributed by atoms with Crippen LogP contribution in [-0.4, -0.2) is 36.4 Å². The summed E-state index contributed by atoms with van der Waals surface area (Å²) in [7, 11) is 1.55. The first-order valence-corrected chi connectivity index (χ1v) is 11.1. The van der Waals surface area contributed by atoms with E-state index in [-0.39, 0.29) is 18.2 Å². The fourth-order valence-electron chi connectivity index (χ4n) is 3.36. The van der Waals surface area contributed by atoms with Gasteiger partial charge >= 0.3 is 6.03 Å². The number of rotatable bonds is 6. The maximum absolute atomic E-state index is 12.7. The van der Waals surface area contributed by atoms with Crippen molar-refractivity contribution in [3.63, 3.8) is 0 Å². The Balaban J connectivity index is 1.39. The van der Waals surface area contributed by atoms with Crippen molar-refractivity contribution in [3.8, 4) is 5.75 Å². The van der Waals surface area contributed by atoms with Crippen molar-refractivity contribution in [2.45, 2.75) is 12.3 Å². The summed E-state index contributed by atoms with van der Waals surface area (Å²) in [5.74, 6) is -0.132. The molecule has 1 saturated heterocycles. The van der Waals surface area contributed by atoms with E-state index in [4.69, 9.17) is 16.3 Å². The minimum Gasteiger partial charge on any atom is -0.497 e. The van der Waals surface area contributed by atoms with E-state index >= 15 is 0 Å². The fraction of sp³-hybridized carbons (Fsp3) is 0.174. The third kappa shape index (κ3) is 4.92. The lowest BCUT2D eigenvalue weighted by atomic mass is 9.94. The Morgan fingerprint density at radius 2 is 2.12 bits per heavy atom. The zero-order valence-corrected chi connectivity index (χ0v) is 18.7. The third-order valence-electron chi connectivity index (χ3n) is 5.05. The highest BCUT2D eigenvalue weighted by Crippen LogP contribution is 2.32. The number of nitrogens with zero attached hydrogens (tertiary/aromatic N) is 1. The van der Waals surface area contributed by atoms with Gasteiger partial charge in [-0.1, -0.05) is 23.8 Å². The fourth-order valence-corrected chi connectivity index (χ4v) is 4.42. The van der Waals surface area contributed by atoms with Gasteiger partial charge in [0.1, 0.15) is 18.0 Å². The molecule has 2 N–H and O–H groups in total. The first-order valence-electron chi connectivity index (χ1n) is 9.83. The van der Waals surface area contributed by atoms with Gasteiger partial charge < -0.3 is 15.4 Å². The van der Waals surface area contributed by atoms with Crippen LogP contribution in [0.4, 0.5) is 10.5 Å². The van der Waals surface area contributed by atoms with E-state index in [1.54, 1.807) is 37.5 Å². The number of ether oxygens (including phenoxy) is 1. The molecule has 1 aromatic carbocycles. The molecular weight excluding hydrogens is 450 g/mol. The molecule has 1 unspecified atom stereocenters. The highest BCUT2D eigenvalue weighted by molar-refractivity contribution is 7.11.